The van der Waals surface area contributed by atoms with Crippen molar-refractivity contribution in [3.8, 4) is 5.88 Å². The van der Waals surface area contributed by atoms with Crippen molar-refractivity contribution in [1.29, 1.82) is 0 Å². The van der Waals surface area contributed by atoms with Crippen LogP contribution in [0.1, 0.15) is 44.1 Å². The van der Waals surface area contributed by atoms with Gasteiger partial charge < -0.3 is 9.84 Å². The van der Waals surface area contributed by atoms with E-state index in [4.69, 9.17) is 9.84 Å². The number of hydrogen-bond acceptors (Lipinski definition) is 4. The Kier molecular flexibility index (Phi) is 4.87. The fourth-order valence-electron chi connectivity index (χ4n) is 1.33. The van der Waals surface area contributed by atoms with Gasteiger partial charge in [0.15, 0.2) is 0 Å². The van der Waals surface area contributed by atoms with Gasteiger partial charge in [0.05, 0.1) is 12.3 Å². The molecule has 5 heteroatoms. The zero-order chi connectivity index (χ0) is 12.8. The van der Waals surface area contributed by atoms with Crippen LogP contribution in [0.15, 0.2) is 6.07 Å². The highest BCUT2D eigenvalue weighted by Gasteiger charge is 2.06. The summed E-state index contributed by atoms with van der Waals surface area (Å²) in [6, 6.07) is 1.80. The highest BCUT2D eigenvalue weighted by atomic mass is 16.5. The zero-order valence-corrected chi connectivity index (χ0v) is 10.4. The van der Waals surface area contributed by atoms with Gasteiger partial charge in [0, 0.05) is 12.5 Å². The van der Waals surface area contributed by atoms with Crippen molar-refractivity contribution in [1.82, 2.24) is 9.97 Å². The average Bonchev–Trinajstić information content (AvgIpc) is 2.23. The molecule has 1 aromatic rings. The summed E-state index contributed by atoms with van der Waals surface area (Å²) in [6.45, 7) is 6.28. The van der Waals surface area contributed by atoms with Gasteiger partial charge >= 0.3 is 5.97 Å². The minimum absolute atomic E-state index is 0.112. The molecule has 0 aromatic carbocycles. The van der Waals surface area contributed by atoms with Gasteiger partial charge in [0.25, 0.3) is 0 Å². The lowest BCUT2D eigenvalue weighted by Crippen LogP contribution is -2.05. The van der Waals surface area contributed by atoms with Crippen molar-refractivity contribution in [3.63, 3.8) is 0 Å². The Balaban J connectivity index is 2.55. The maximum atomic E-state index is 10.3. The number of rotatable bonds is 6. The molecule has 0 saturated heterocycles. The van der Waals surface area contributed by atoms with E-state index in [2.05, 4.69) is 23.8 Å². The maximum absolute atomic E-state index is 10.3. The van der Waals surface area contributed by atoms with Gasteiger partial charge in [-0.2, -0.15) is 4.98 Å². The summed E-state index contributed by atoms with van der Waals surface area (Å²) in [5.74, 6) is 0.699. The lowest BCUT2D eigenvalue weighted by molar-refractivity contribution is -0.137. The quantitative estimate of drug-likeness (QED) is 0.769. The Morgan fingerprint density at radius 3 is 2.76 bits per heavy atom. The first-order valence-electron chi connectivity index (χ1n) is 5.69. The number of hydrogen-bond donors (Lipinski definition) is 1. The molecular weight excluding hydrogens is 220 g/mol. The van der Waals surface area contributed by atoms with Crippen LogP contribution in [0, 0.1) is 6.92 Å². The van der Waals surface area contributed by atoms with Crippen LogP contribution in [-0.2, 0) is 4.79 Å². The van der Waals surface area contributed by atoms with Crippen LogP contribution < -0.4 is 4.74 Å². The van der Waals surface area contributed by atoms with Crippen molar-refractivity contribution in [3.05, 3.63) is 17.6 Å². The highest BCUT2D eigenvalue weighted by molar-refractivity contribution is 5.66. The summed E-state index contributed by atoms with van der Waals surface area (Å²) < 4.78 is 5.41. The molecule has 0 saturated carbocycles. The van der Waals surface area contributed by atoms with E-state index in [-0.39, 0.29) is 6.42 Å². The molecule has 0 aliphatic heterocycles. The predicted octanol–water partition coefficient (Wildman–Crippen LogP) is 2.15. The summed E-state index contributed by atoms with van der Waals surface area (Å²) >= 11 is 0. The molecule has 1 aromatic heterocycles. The van der Waals surface area contributed by atoms with Crippen LogP contribution in [0.3, 0.4) is 0 Å². The predicted molar refractivity (Wildman–Crippen MR) is 63.2 cm³/mol. The molecule has 17 heavy (non-hydrogen) atoms. The number of aliphatic carboxylic acids is 1. The largest absolute Gasteiger partial charge is 0.481 e. The monoisotopic (exact) mass is 238 g/mol. The lowest BCUT2D eigenvalue weighted by atomic mass is 10.1. The van der Waals surface area contributed by atoms with Crippen LogP contribution >= 0.6 is 0 Å². The number of carboxylic acid groups (broad SMARTS) is 1. The second-order valence-corrected chi connectivity index (χ2v) is 4.18. The van der Waals surface area contributed by atoms with Gasteiger partial charge in [-0.15, -0.1) is 0 Å². The van der Waals surface area contributed by atoms with Gasteiger partial charge in [-0.1, -0.05) is 13.8 Å². The highest BCUT2D eigenvalue weighted by Crippen LogP contribution is 2.16. The summed E-state index contributed by atoms with van der Waals surface area (Å²) in [4.78, 5) is 18.8. The van der Waals surface area contributed by atoms with E-state index in [1.54, 1.807) is 6.07 Å². The molecule has 0 atom stereocenters. The van der Waals surface area contributed by atoms with Crippen LogP contribution in [0.5, 0.6) is 5.88 Å². The van der Waals surface area contributed by atoms with Crippen molar-refractivity contribution < 1.29 is 14.6 Å². The fourth-order valence-corrected chi connectivity index (χ4v) is 1.33. The molecule has 1 heterocycles. The fraction of sp³-hybridized carbons (Fsp3) is 0.583. The van der Waals surface area contributed by atoms with E-state index in [0.717, 1.165) is 5.69 Å². The number of nitrogens with zero attached hydrogens (tertiary/aromatic N) is 2. The Hall–Kier alpha value is -1.65. The molecule has 1 rings (SSSR count). The first-order chi connectivity index (χ1) is 7.99. The molecule has 0 radical (unpaired) electrons. The van der Waals surface area contributed by atoms with Crippen LogP contribution in [0.4, 0.5) is 0 Å². The van der Waals surface area contributed by atoms with Gasteiger partial charge in [-0.25, -0.2) is 4.98 Å². The van der Waals surface area contributed by atoms with Crippen molar-refractivity contribution >= 4 is 5.97 Å². The van der Waals surface area contributed by atoms with Gasteiger partial charge in [0.1, 0.15) is 5.82 Å². The van der Waals surface area contributed by atoms with Gasteiger partial charge in [-0.3, -0.25) is 4.79 Å². The minimum atomic E-state index is -0.810. The minimum Gasteiger partial charge on any atom is -0.481 e. The van der Waals surface area contributed by atoms with Crippen LogP contribution in [0.2, 0.25) is 0 Å². The van der Waals surface area contributed by atoms with Crippen LogP contribution in [0.25, 0.3) is 0 Å². The lowest BCUT2D eigenvalue weighted by Gasteiger charge is -2.09. The van der Waals surface area contributed by atoms with E-state index in [0.29, 0.717) is 30.7 Å². The SMILES string of the molecule is Cc1nc(OCCCC(=O)O)cc(C(C)C)n1. The summed E-state index contributed by atoms with van der Waals surface area (Å²) in [5.41, 5.74) is 0.936. The van der Waals surface area contributed by atoms with Crippen molar-refractivity contribution in [2.75, 3.05) is 6.61 Å². The molecule has 1 N–H and O–H groups in total. The van der Waals surface area contributed by atoms with Crippen LogP contribution in [-0.4, -0.2) is 27.7 Å². The molecule has 0 bridgehead atoms. The number of aryl methyl sites for hydroxylation is 1. The third-order valence-corrected chi connectivity index (χ3v) is 2.21. The Labute approximate surface area is 101 Å². The third-order valence-electron chi connectivity index (χ3n) is 2.21. The Morgan fingerprint density at radius 1 is 1.47 bits per heavy atom. The first kappa shape index (κ1) is 13.4. The Morgan fingerprint density at radius 2 is 2.18 bits per heavy atom. The number of ether oxygens (including phenoxy) is 1. The summed E-state index contributed by atoms with van der Waals surface area (Å²) in [5, 5.41) is 8.49. The maximum Gasteiger partial charge on any atom is 0.303 e. The van der Waals surface area contributed by atoms with E-state index in [9.17, 15) is 4.79 Å². The van der Waals surface area contributed by atoms with Gasteiger partial charge in [0.2, 0.25) is 5.88 Å². The molecule has 0 spiro atoms. The smallest absolute Gasteiger partial charge is 0.303 e. The van der Waals surface area contributed by atoms with Crippen molar-refractivity contribution in [2.45, 2.75) is 39.5 Å². The Bertz CT molecular complexity index is 391. The molecule has 94 valence electrons. The molecular formula is C12H18N2O3. The molecule has 0 amide bonds. The second kappa shape index (κ2) is 6.18. The van der Waals surface area contributed by atoms with Crippen molar-refractivity contribution in [2.24, 2.45) is 0 Å². The summed E-state index contributed by atoms with van der Waals surface area (Å²) in [6.07, 6.45) is 0.594. The molecule has 0 unspecified atom stereocenters. The number of aromatic nitrogens is 2. The molecule has 0 fully saturated rings. The topological polar surface area (TPSA) is 72.3 Å². The molecule has 0 aliphatic carbocycles. The van der Waals surface area contributed by atoms with Gasteiger partial charge in [-0.05, 0) is 19.3 Å². The number of carboxylic acids is 1. The molecule has 5 nitrogen and oxygen atoms in total. The standard InChI is InChI=1S/C12H18N2O3/c1-8(2)10-7-11(14-9(3)13-10)17-6-4-5-12(15)16/h7-8H,4-6H2,1-3H3,(H,15,16). The first-order valence-corrected chi connectivity index (χ1v) is 5.69. The average molecular weight is 238 g/mol. The third kappa shape index (κ3) is 4.80. The van der Waals surface area contributed by atoms with E-state index in [1.807, 2.05) is 6.92 Å². The van der Waals surface area contributed by atoms with E-state index < -0.39 is 5.97 Å². The normalized spacial score (nSPS) is 10.6. The zero-order valence-electron chi connectivity index (χ0n) is 10.4. The second-order valence-electron chi connectivity index (χ2n) is 4.18. The van der Waals surface area contributed by atoms with E-state index in [1.165, 1.54) is 0 Å². The summed E-state index contributed by atoms with van der Waals surface area (Å²) in [7, 11) is 0. The molecule has 0 aliphatic rings. The number of carbonyl (C=O) groups is 1. The van der Waals surface area contributed by atoms with E-state index >= 15 is 0 Å².